The molecule has 2 aliphatic rings. The molecule has 0 amide bonds. The van der Waals surface area contributed by atoms with Crippen LogP contribution in [0.5, 0.6) is 5.75 Å². The standard InChI is InChI=1S/C24H26N6O3/c1-13-17-3-5-30(24(17)27-12-26-13)19-8-21(23(32)22(19)31)33-20-7-15(16-9-28-29-10-16)6-14-2-4-25-11-18(14)20/h3,5-7,9-10,12,19,21-23,25,31-32H,2,4,8,11H2,1H3,(H,28,29)/t19-,21+,22+,23-/m1/s1. The van der Waals surface area contributed by atoms with E-state index < -0.39 is 18.3 Å². The van der Waals surface area contributed by atoms with E-state index in [1.54, 1.807) is 6.20 Å². The SMILES string of the molecule is Cc1ncnc2c1ccn2[C@@H]1C[C@H](Oc2cc(-c3cn[nH]c3)cc3c2CNCC3)[C@@H](O)[C@H]1O. The highest BCUT2D eigenvalue weighted by Gasteiger charge is 2.44. The molecule has 1 aromatic carbocycles. The second kappa shape index (κ2) is 7.95. The van der Waals surface area contributed by atoms with Gasteiger partial charge in [0.2, 0.25) is 0 Å². The van der Waals surface area contributed by atoms with Gasteiger partial charge in [-0.25, -0.2) is 9.97 Å². The number of aryl methyl sites for hydroxylation is 1. The van der Waals surface area contributed by atoms with Crippen LogP contribution in [0, 0.1) is 6.92 Å². The zero-order chi connectivity index (χ0) is 22.5. The van der Waals surface area contributed by atoms with E-state index in [0.29, 0.717) is 13.0 Å². The molecule has 1 aliphatic heterocycles. The lowest BCUT2D eigenvalue weighted by Gasteiger charge is -2.25. The average Bonchev–Trinajstić information content (AvgIpc) is 3.56. The van der Waals surface area contributed by atoms with Crippen LogP contribution in [0.4, 0.5) is 0 Å². The molecule has 3 aromatic heterocycles. The molecule has 0 bridgehead atoms. The molecular formula is C24H26N6O3. The summed E-state index contributed by atoms with van der Waals surface area (Å²) in [5.41, 5.74) is 5.98. The first-order chi connectivity index (χ1) is 16.1. The monoisotopic (exact) mass is 446 g/mol. The van der Waals surface area contributed by atoms with Gasteiger partial charge < -0.3 is 24.8 Å². The summed E-state index contributed by atoms with van der Waals surface area (Å²) in [6, 6.07) is 5.80. The average molecular weight is 447 g/mol. The number of H-pyrrole nitrogens is 1. The normalized spacial score (nSPS) is 24.8. The minimum absolute atomic E-state index is 0.345. The maximum atomic E-state index is 10.9. The summed E-state index contributed by atoms with van der Waals surface area (Å²) >= 11 is 0. The number of aliphatic hydroxyl groups excluding tert-OH is 2. The number of aromatic nitrogens is 5. The third kappa shape index (κ3) is 3.40. The molecule has 0 saturated heterocycles. The highest BCUT2D eigenvalue weighted by Crippen LogP contribution is 2.39. The Balaban J connectivity index is 1.33. The predicted molar refractivity (Wildman–Crippen MR) is 122 cm³/mol. The number of aromatic amines is 1. The smallest absolute Gasteiger partial charge is 0.143 e. The quantitative estimate of drug-likeness (QED) is 0.378. The second-order valence-corrected chi connectivity index (χ2v) is 8.89. The van der Waals surface area contributed by atoms with E-state index in [9.17, 15) is 10.2 Å². The highest BCUT2D eigenvalue weighted by molar-refractivity contribution is 5.78. The summed E-state index contributed by atoms with van der Waals surface area (Å²) in [6.45, 7) is 3.56. The van der Waals surface area contributed by atoms with Crippen molar-refractivity contribution < 1.29 is 14.9 Å². The Morgan fingerprint density at radius 2 is 2.06 bits per heavy atom. The third-order valence-electron chi connectivity index (χ3n) is 6.95. The van der Waals surface area contributed by atoms with Crippen LogP contribution >= 0.6 is 0 Å². The van der Waals surface area contributed by atoms with Crippen molar-refractivity contribution in [3.8, 4) is 16.9 Å². The number of hydrogen-bond donors (Lipinski definition) is 4. The number of nitrogens with one attached hydrogen (secondary N) is 2. The molecule has 1 fully saturated rings. The molecule has 4 N–H and O–H groups in total. The zero-order valence-electron chi connectivity index (χ0n) is 18.3. The van der Waals surface area contributed by atoms with Gasteiger partial charge in [0.05, 0.1) is 17.9 Å². The lowest BCUT2D eigenvalue weighted by Crippen LogP contribution is -2.34. The van der Waals surface area contributed by atoms with Crippen LogP contribution in [0.3, 0.4) is 0 Å². The number of fused-ring (bicyclic) bond motifs is 2. The summed E-state index contributed by atoms with van der Waals surface area (Å²) in [4.78, 5) is 8.66. The first-order valence-electron chi connectivity index (χ1n) is 11.3. The van der Waals surface area contributed by atoms with Gasteiger partial charge in [0.25, 0.3) is 0 Å². The first kappa shape index (κ1) is 20.3. The molecule has 1 saturated carbocycles. The molecule has 4 aromatic rings. The van der Waals surface area contributed by atoms with Crippen LogP contribution in [0.2, 0.25) is 0 Å². The predicted octanol–water partition coefficient (Wildman–Crippen LogP) is 1.89. The van der Waals surface area contributed by atoms with Crippen molar-refractivity contribution in [3.05, 3.63) is 59.9 Å². The summed E-state index contributed by atoms with van der Waals surface area (Å²) in [7, 11) is 0. The van der Waals surface area contributed by atoms with Gasteiger partial charge in [-0.1, -0.05) is 6.07 Å². The van der Waals surface area contributed by atoms with E-state index in [4.69, 9.17) is 4.74 Å². The van der Waals surface area contributed by atoms with Gasteiger partial charge in [-0.2, -0.15) is 5.10 Å². The highest BCUT2D eigenvalue weighted by atomic mass is 16.5. The molecule has 0 unspecified atom stereocenters. The Kier molecular flexibility index (Phi) is 4.90. The molecule has 9 nitrogen and oxygen atoms in total. The van der Waals surface area contributed by atoms with Gasteiger partial charge in [0.1, 0.15) is 36.0 Å². The summed E-state index contributed by atoms with van der Waals surface area (Å²) < 4.78 is 8.36. The van der Waals surface area contributed by atoms with Crippen LogP contribution in [0.1, 0.15) is 29.3 Å². The number of rotatable bonds is 4. The Morgan fingerprint density at radius 1 is 1.15 bits per heavy atom. The van der Waals surface area contributed by atoms with Crippen molar-refractivity contribution in [1.82, 2.24) is 30.0 Å². The van der Waals surface area contributed by atoms with Crippen molar-refractivity contribution >= 4 is 11.0 Å². The number of aliphatic hydroxyl groups is 2. The topological polar surface area (TPSA) is 121 Å². The minimum Gasteiger partial charge on any atom is -0.487 e. The molecule has 4 atom stereocenters. The van der Waals surface area contributed by atoms with Crippen molar-refractivity contribution in [1.29, 1.82) is 0 Å². The zero-order valence-corrected chi connectivity index (χ0v) is 18.3. The van der Waals surface area contributed by atoms with Gasteiger partial charge in [0.15, 0.2) is 0 Å². The molecule has 170 valence electrons. The van der Waals surface area contributed by atoms with Crippen molar-refractivity contribution in [3.63, 3.8) is 0 Å². The molecule has 33 heavy (non-hydrogen) atoms. The lowest BCUT2D eigenvalue weighted by atomic mass is 9.95. The number of hydrogen-bond acceptors (Lipinski definition) is 7. The molecule has 0 spiro atoms. The van der Waals surface area contributed by atoms with Crippen LogP contribution in [-0.2, 0) is 13.0 Å². The number of nitrogens with zero attached hydrogens (tertiary/aromatic N) is 4. The molecule has 9 heteroatoms. The van der Waals surface area contributed by atoms with Crippen molar-refractivity contribution in [2.45, 2.75) is 50.7 Å². The maximum absolute atomic E-state index is 10.9. The van der Waals surface area contributed by atoms with Crippen molar-refractivity contribution in [2.24, 2.45) is 0 Å². The van der Waals surface area contributed by atoms with Gasteiger partial charge in [-0.05, 0) is 43.1 Å². The summed E-state index contributed by atoms with van der Waals surface area (Å²) in [6.07, 6.45) is 5.93. The van der Waals surface area contributed by atoms with Crippen molar-refractivity contribution in [2.75, 3.05) is 6.54 Å². The van der Waals surface area contributed by atoms with E-state index >= 15 is 0 Å². The third-order valence-corrected chi connectivity index (χ3v) is 6.95. The fourth-order valence-electron chi connectivity index (χ4n) is 5.13. The molecule has 6 rings (SSSR count). The summed E-state index contributed by atoms with van der Waals surface area (Å²) in [5.74, 6) is 0.739. The molecule has 0 radical (unpaired) electrons. The Hall–Kier alpha value is -3.27. The largest absolute Gasteiger partial charge is 0.487 e. The Morgan fingerprint density at radius 3 is 2.91 bits per heavy atom. The lowest BCUT2D eigenvalue weighted by molar-refractivity contribution is -0.0166. The van der Waals surface area contributed by atoms with E-state index in [2.05, 4.69) is 31.5 Å². The van der Waals surface area contributed by atoms with E-state index in [1.807, 2.05) is 36.0 Å². The number of ether oxygens (including phenoxy) is 1. The van der Waals surface area contributed by atoms with Gasteiger partial charge in [-0.3, -0.25) is 5.10 Å². The Labute approximate surface area is 190 Å². The van der Waals surface area contributed by atoms with Crippen LogP contribution in [0.15, 0.2) is 43.1 Å². The van der Waals surface area contributed by atoms with E-state index in [0.717, 1.165) is 52.1 Å². The summed E-state index contributed by atoms with van der Waals surface area (Å²) in [5, 5.41) is 33.1. The number of benzene rings is 1. The maximum Gasteiger partial charge on any atom is 0.143 e. The minimum atomic E-state index is -1.01. The van der Waals surface area contributed by atoms with Crippen LogP contribution in [-0.4, -0.2) is 59.8 Å². The second-order valence-electron chi connectivity index (χ2n) is 8.89. The fraction of sp³-hybridized carbons (Fsp3) is 0.375. The first-order valence-corrected chi connectivity index (χ1v) is 11.3. The van der Waals surface area contributed by atoms with E-state index in [-0.39, 0.29) is 6.04 Å². The fourth-order valence-corrected chi connectivity index (χ4v) is 5.13. The van der Waals surface area contributed by atoms with Crippen LogP contribution in [0.25, 0.3) is 22.2 Å². The van der Waals surface area contributed by atoms with Crippen LogP contribution < -0.4 is 10.1 Å². The molecule has 4 heterocycles. The Bertz CT molecular complexity index is 1300. The molecular weight excluding hydrogens is 420 g/mol. The molecule has 1 aliphatic carbocycles. The van der Waals surface area contributed by atoms with Gasteiger partial charge >= 0.3 is 0 Å². The van der Waals surface area contributed by atoms with Gasteiger partial charge in [0, 0.05) is 41.9 Å². The van der Waals surface area contributed by atoms with E-state index in [1.165, 1.54) is 11.9 Å². The van der Waals surface area contributed by atoms with Gasteiger partial charge in [-0.15, -0.1) is 0 Å².